The van der Waals surface area contributed by atoms with Gasteiger partial charge in [0.1, 0.15) is 11.5 Å². The molecule has 0 spiro atoms. The van der Waals surface area contributed by atoms with Gasteiger partial charge in [0.25, 0.3) is 0 Å². The maximum absolute atomic E-state index is 9.78. The molecule has 0 saturated heterocycles. The van der Waals surface area contributed by atoms with Gasteiger partial charge in [0.2, 0.25) is 0 Å². The van der Waals surface area contributed by atoms with E-state index in [0.717, 1.165) is 28.7 Å². The molecule has 2 aromatic carbocycles. The molecule has 0 bridgehead atoms. The highest BCUT2D eigenvalue weighted by Gasteiger charge is 2.21. The van der Waals surface area contributed by atoms with Gasteiger partial charge in [-0.3, -0.25) is 0 Å². The first-order chi connectivity index (χ1) is 7.25. The summed E-state index contributed by atoms with van der Waals surface area (Å²) in [7, 11) is 0. The number of rotatable bonds is 0. The lowest BCUT2D eigenvalue weighted by Gasteiger charge is -2.03. The van der Waals surface area contributed by atoms with Crippen LogP contribution < -0.4 is 0 Å². The van der Waals surface area contributed by atoms with Crippen LogP contribution >= 0.6 is 0 Å². The molecule has 0 aliphatic heterocycles. The van der Waals surface area contributed by atoms with Crippen molar-refractivity contribution in [2.24, 2.45) is 0 Å². The maximum Gasteiger partial charge on any atom is 0.123 e. The number of fused-ring (bicyclic) bond motifs is 3. The third-order valence-corrected chi connectivity index (χ3v) is 2.87. The molecular formula is C13H10O2. The summed E-state index contributed by atoms with van der Waals surface area (Å²) in [4.78, 5) is 0. The second-order valence-corrected chi connectivity index (χ2v) is 3.83. The van der Waals surface area contributed by atoms with Crippen molar-refractivity contribution >= 4 is 0 Å². The average molecular weight is 198 g/mol. The van der Waals surface area contributed by atoms with Gasteiger partial charge in [-0.15, -0.1) is 0 Å². The number of phenols is 2. The molecule has 74 valence electrons. The van der Waals surface area contributed by atoms with Crippen molar-refractivity contribution in [1.29, 1.82) is 0 Å². The fraction of sp³-hybridized carbons (Fsp3) is 0.0769. The Balaban J connectivity index is 2.31. The monoisotopic (exact) mass is 198 g/mol. The fourth-order valence-corrected chi connectivity index (χ4v) is 2.22. The van der Waals surface area contributed by atoms with Gasteiger partial charge in [-0.2, -0.15) is 0 Å². The molecule has 2 aromatic rings. The van der Waals surface area contributed by atoms with Gasteiger partial charge >= 0.3 is 0 Å². The number of aromatic hydroxyl groups is 2. The van der Waals surface area contributed by atoms with Gasteiger partial charge < -0.3 is 10.2 Å². The molecule has 1 aliphatic rings. The zero-order valence-corrected chi connectivity index (χ0v) is 8.07. The lowest BCUT2D eigenvalue weighted by molar-refractivity contribution is 0.474. The average Bonchev–Trinajstić information content (AvgIpc) is 2.56. The number of phenolic OH excluding ortho intramolecular Hbond substituents is 2. The summed E-state index contributed by atoms with van der Waals surface area (Å²) in [5, 5.41) is 19.2. The lowest BCUT2D eigenvalue weighted by atomic mass is 10.0. The van der Waals surface area contributed by atoms with Crippen molar-refractivity contribution in [1.82, 2.24) is 0 Å². The van der Waals surface area contributed by atoms with Gasteiger partial charge in [-0.1, -0.05) is 18.2 Å². The van der Waals surface area contributed by atoms with Crippen LogP contribution in [0.3, 0.4) is 0 Å². The Labute approximate surface area is 87.4 Å². The SMILES string of the molecule is Oc1ccc2c(c1)Cc1cccc(O)c1-2. The zero-order chi connectivity index (χ0) is 10.4. The van der Waals surface area contributed by atoms with Gasteiger partial charge in [-0.25, -0.2) is 0 Å². The molecule has 0 saturated carbocycles. The van der Waals surface area contributed by atoms with E-state index in [-0.39, 0.29) is 5.75 Å². The summed E-state index contributed by atoms with van der Waals surface area (Å²) in [5.41, 5.74) is 4.13. The predicted molar refractivity (Wildman–Crippen MR) is 58.0 cm³/mol. The summed E-state index contributed by atoms with van der Waals surface area (Å²) in [5.74, 6) is 0.595. The van der Waals surface area contributed by atoms with E-state index < -0.39 is 0 Å². The maximum atomic E-state index is 9.78. The highest BCUT2D eigenvalue weighted by Crippen LogP contribution is 2.42. The highest BCUT2D eigenvalue weighted by atomic mass is 16.3. The van der Waals surface area contributed by atoms with Crippen molar-refractivity contribution in [3.05, 3.63) is 47.5 Å². The summed E-state index contributed by atoms with van der Waals surface area (Å²) < 4.78 is 0. The third kappa shape index (κ3) is 1.11. The van der Waals surface area contributed by atoms with Crippen LogP contribution in [0.2, 0.25) is 0 Å². The quantitative estimate of drug-likeness (QED) is 0.583. The smallest absolute Gasteiger partial charge is 0.123 e. The van der Waals surface area contributed by atoms with Crippen LogP contribution in [0, 0.1) is 0 Å². The second-order valence-electron chi connectivity index (χ2n) is 3.83. The van der Waals surface area contributed by atoms with Crippen LogP contribution in [-0.4, -0.2) is 10.2 Å². The van der Waals surface area contributed by atoms with E-state index >= 15 is 0 Å². The minimum atomic E-state index is 0.279. The molecule has 0 amide bonds. The van der Waals surface area contributed by atoms with Crippen molar-refractivity contribution < 1.29 is 10.2 Å². The Kier molecular flexibility index (Phi) is 1.54. The van der Waals surface area contributed by atoms with Crippen LogP contribution in [0.1, 0.15) is 11.1 Å². The first-order valence-corrected chi connectivity index (χ1v) is 4.89. The molecule has 2 N–H and O–H groups in total. The van der Waals surface area contributed by atoms with Gasteiger partial charge in [0.15, 0.2) is 0 Å². The molecule has 0 radical (unpaired) electrons. The van der Waals surface area contributed by atoms with Crippen LogP contribution in [0.4, 0.5) is 0 Å². The molecule has 0 aromatic heterocycles. The van der Waals surface area contributed by atoms with Gasteiger partial charge in [0.05, 0.1) is 0 Å². The molecule has 15 heavy (non-hydrogen) atoms. The number of benzene rings is 2. The Morgan fingerprint density at radius 1 is 0.933 bits per heavy atom. The largest absolute Gasteiger partial charge is 0.508 e. The van der Waals surface area contributed by atoms with Crippen LogP contribution in [0.15, 0.2) is 36.4 Å². The van der Waals surface area contributed by atoms with E-state index in [0.29, 0.717) is 5.75 Å². The molecule has 0 unspecified atom stereocenters. The van der Waals surface area contributed by atoms with Crippen LogP contribution in [0.5, 0.6) is 11.5 Å². The Morgan fingerprint density at radius 2 is 1.80 bits per heavy atom. The molecule has 2 nitrogen and oxygen atoms in total. The summed E-state index contributed by atoms with van der Waals surface area (Å²) in [6.07, 6.45) is 0.785. The van der Waals surface area contributed by atoms with E-state index in [1.165, 1.54) is 0 Å². The van der Waals surface area contributed by atoms with Crippen molar-refractivity contribution in [3.63, 3.8) is 0 Å². The van der Waals surface area contributed by atoms with E-state index in [2.05, 4.69) is 0 Å². The van der Waals surface area contributed by atoms with E-state index in [1.54, 1.807) is 18.2 Å². The first-order valence-electron chi connectivity index (χ1n) is 4.89. The number of hydrogen-bond donors (Lipinski definition) is 2. The normalized spacial score (nSPS) is 12.3. The molecule has 3 rings (SSSR count). The van der Waals surface area contributed by atoms with Crippen molar-refractivity contribution in [2.75, 3.05) is 0 Å². The Morgan fingerprint density at radius 3 is 2.67 bits per heavy atom. The Hall–Kier alpha value is -1.96. The number of hydrogen-bond acceptors (Lipinski definition) is 2. The van der Waals surface area contributed by atoms with Crippen LogP contribution in [-0.2, 0) is 6.42 Å². The van der Waals surface area contributed by atoms with Crippen LogP contribution in [0.25, 0.3) is 11.1 Å². The standard InChI is InChI=1S/C13H10O2/c14-10-4-5-11-9(7-10)6-8-2-1-3-12(15)13(8)11/h1-5,7,14-15H,6H2. The lowest BCUT2D eigenvalue weighted by Crippen LogP contribution is -1.78. The van der Waals surface area contributed by atoms with Gasteiger partial charge in [-0.05, 0) is 41.3 Å². The second kappa shape index (κ2) is 2.76. The summed E-state index contributed by atoms with van der Waals surface area (Å²) in [6.45, 7) is 0. The summed E-state index contributed by atoms with van der Waals surface area (Å²) >= 11 is 0. The summed E-state index contributed by atoms with van der Waals surface area (Å²) in [6, 6.07) is 10.8. The molecule has 0 fully saturated rings. The molecule has 0 heterocycles. The zero-order valence-electron chi connectivity index (χ0n) is 8.07. The molecule has 1 aliphatic carbocycles. The Bertz CT molecular complexity index is 544. The highest BCUT2D eigenvalue weighted by molar-refractivity contribution is 5.81. The van der Waals surface area contributed by atoms with E-state index in [1.807, 2.05) is 18.2 Å². The molecule has 2 heteroatoms. The van der Waals surface area contributed by atoms with Gasteiger partial charge in [0, 0.05) is 5.56 Å². The first kappa shape index (κ1) is 8.36. The predicted octanol–water partition coefficient (Wildman–Crippen LogP) is 2.67. The van der Waals surface area contributed by atoms with Crippen molar-refractivity contribution in [3.8, 4) is 22.6 Å². The minimum absolute atomic E-state index is 0.279. The molecule has 0 atom stereocenters. The fourth-order valence-electron chi connectivity index (χ4n) is 2.22. The topological polar surface area (TPSA) is 40.5 Å². The van der Waals surface area contributed by atoms with E-state index in [4.69, 9.17) is 0 Å². The van der Waals surface area contributed by atoms with Crippen molar-refractivity contribution in [2.45, 2.75) is 6.42 Å². The van der Waals surface area contributed by atoms with E-state index in [9.17, 15) is 10.2 Å². The molecular weight excluding hydrogens is 188 g/mol. The third-order valence-electron chi connectivity index (χ3n) is 2.87. The minimum Gasteiger partial charge on any atom is -0.508 e.